The van der Waals surface area contributed by atoms with Gasteiger partial charge in [-0.05, 0) is 25.8 Å². The van der Waals surface area contributed by atoms with Gasteiger partial charge in [-0.2, -0.15) is 0 Å². The molecule has 1 aromatic rings. The van der Waals surface area contributed by atoms with Crippen molar-refractivity contribution in [3.05, 3.63) is 17.5 Å². The van der Waals surface area contributed by atoms with Gasteiger partial charge in [0.2, 0.25) is 5.95 Å². The zero-order valence-electron chi connectivity index (χ0n) is 15.2. The zero-order valence-corrected chi connectivity index (χ0v) is 15.2. The van der Waals surface area contributed by atoms with Crippen molar-refractivity contribution in [2.45, 2.75) is 32.6 Å². The predicted molar refractivity (Wildman–Crippen MR) is 96.9 cm³/mol. The molecule has 2 saturated heterocycles. The maximum absolute atomic E-state index is 12.8. The second-order valence-electron chi connectivity index (χ2n) is 6.81. The van der Waals surface area contributed by atoms with Gasteiger partial charge in [-0.3, -0.25) is 9.69 Å². The van der Waals surface area contributed by atoms with E-state index in [-0.39, 0.29) is 5.91 Å². The molecule has 3 heterocycles. The van der Waals surface area contributed by atoms with Gasteiger partial charge in [0.15, 0.2) is 0 Å². The van der Waals surface area contributed by atoms with Crippen LogP contribution in [0.15, 0.2) is 6.07 Å². The number of amides is 1. The molecule has 0 aliphatic carbocycles. The van der Waals surface area contributed by atoms with Crippen molar-refractivity contribution < 1.29 is 9.53 Å². The van der Waals surface area contributed by atoms with Crippen LogP contribution in [0.25, 0.3) is 0 Å². The van der Waals surface area contributed by atoms with Gasteiger partial charge in [0.1, 0.15) is 5.69 Å². The van der Waals surface area contributed by atoms with E-state index in [0.29, 0.717) is 11.6 Å². The third kappa shape index (κ3) is 5.37. The number of likely N-dealkylation sites (tertiary alicyclic amines) is 1. The minimum atomic E-state index is 0.0311. The Balaban J connectivity index is 1.58. The number of hydrogen-bond acceptors (Lipinski definition) is 6. The minimum Gasteiger partial charge on any atom is -0.379 e. The number of ether oxygens (including phenoxy) is 1. The van der Waals surface area contributed by atoms with Crippen LogP contribution in [-0.2, 0) is 4.74 Å². The van der Waals surface area contributed by atoms with E-state index in [9.17, 15) is 4.79 Å². The quantitative estimate of drug-likeness (QED) is 0.871. The van der Waals surface area contributed by atoms with Gasteiger partial charge in [-0.1, -0.05) is 12.8 Å². The van der Waals surface area contributed by atoms with E-state index in [4.69, 9.17) is 4.74 Å². The molecule has 0 aromatic carbocycles. The van der Waals surface area contributed by atoms with Gasteiger partial charge < -0.3 is 15.0 Å². The van der Waals surface area contributed by atoms with Gasteiger partial charge >= 0.3 is 0 Å². The predicted octanol–water partition coefficient (Wildman–Crippen LogP) is 1.55. The van der Waals surface area contributed by atoms with E-state index in [1.165, 1.54) is 12.8 Å². The Hall–Kier alpha value is -1.73. The van der Waals surface area contributed by atoms with E-state index in [0.717, 1.165) is 71.0 Å². The highest BCUT2D eigenvalue weighted by Gasteiger charge is 2.19. The summed E-state index contributed by atoms with van der Waals surface area (Å²) in [5, 5.41) is 3.27. The topological polar surface area (TPSA) is 70.6 Å². The highest BCUT2D eigenvalue weighted by atomic mass is 16.5. The normalized spacial score (nSPS) is 19.5. The Labute approximate surface area is 149 Å². The smallest absolute Gasteiger partial charge is 0.272 e. The van der Waals surface area contributed by atoms with Gasteiger partial charge in [-0.15, -0.1) is 0 Å². The number of anilines is 1. The van der Waals surface area contributed by atoms with E-state index < -0.39 is 0 Å². The van der Waals surface area contributed by atoms with Crippen molar-refractivity contribution in [1.82, 2.24) is 19.8 Å². The largest absolute Gasteiger partial charge is 0.379 e. The summed E-state index contributed by atoms with van der Waals surface area (Å²) in [6.45, 7) is 8.81. The number of nitrogens with one attached hydrogen (secondary N) is 1. The zero-order chi connectivity index (χ0) is 17.5. The van der Waals surface area contributed by atoms with Crippen molar-refractivity contribution >= 4 is 11.9 Å². The van der Waals surface area contributed by atoms with Crippen molar-refractivity contribution in [2.75, 3.05) is 57.8 Å². The van der Waals surface area contributed by atoms with E-state index in [2.05, 4.69) is 20.2 Å². The number of rotatable bonds is 5. The second-order valence-corrected chi connectivity index (χ2v) is 6.81. The first-order valence-corrected chi connectivity index (χ1v) is 9.41. The maximum Gasteiger partial charge on any atom is 0.272 e. The lowest BCUT2D eigenvalue weighted by molar-refractivity contribution is 0.0398. The van der Waals surface area contributed by atoms with Gasteiger partial charge in [0, 0.05) is 45.0 Å². The Morgan fingerprint density at radius 1 is 1.12 bits per heavy atom. The fraction of sp³-hybridized carbons (Fsp3) is 0.722. The molecule has 1 aromatic heterocycles. The molecule has 0 unspecified atom stereocenters. The van der Waals surface area contributed by atoms with Crippen LogP contribution >= 0.6 is 0 Å². The molecule has 0 atom stereocenters. The van der Waals surface area contributed by atoms with Crippen LogP contribution in [0.5, 0.6) is 0 Å². The van der Waals surface area contributed by atoms with Crippen LogP contribution in [0.2, 0.25) is 0 Å². The summed E-state index contributed by atoms with van der Waals surface area (Å²) in [7, 11) is 0. The molecule has 138 valence electrons. The van der Waals surface area contributed by atoms with Gasteiger partial charge in [0.05, 0.1) is 13.2 Å². The Bertz CT molecular complexity index is 567. The summed E-state index contributed by atoms with van der Waals surface area (Å²) in [5.41, 5.74) is 1.32. The molecule has 7 heteroatoms. The molecule has 7 nitrogen and oxygen atoms in total. The Morgan fingerprint density at radius 2 is 1.84 bits per heavy atom. The molecule has 2 aliphatic rings. The van der Waals surface area contributed by atoms with Crippen LogP contribution in [0.4, 0.5) is 5.95 Å². The molecule has 0 radical (unpaired) electrons. The molecule has 25 heavy (non-hydrogen) atoms. The average molecular weight is 347 g/mol. The Morgan fingerprint density at radius 3 is 2.56 bits per heavy atom. The van der Waals surface area contributed by atoms with Crippen LogP contribution < -0.4 is 5.32 Å². The summed E-state index contributed by atoms with van der Waals surface area (Å²) >= 11 is 0. The third-order valence-electron chi connectivity index (χ3n) is 4.78. The number of nitrogens with zero attached hydrogens (tertiary/aromatic N) is 4. The molecule has 0 bridgehead atoms. The number of aromatic nitrogens is 2. The SMILES string of the molecule is Cc1cc(C(=O)N2CCCCCC2)nc(NCCN2CCOCC2)n1. The van der Waals surface area contributed by atoms with Crippen LogP contribution in [0.1, 0.15) is 41.9 Å². The van der Waals surface area contributed by atoms with E-state index >= 15 is 0 Å². The fourth-order valence-corrected chi connectivity index (χ4v) is 3.34. The lowest BCUT2D eigenvalue weighted by Gasteiger charge is -2.26. The molecule has 2 aliphatic heterocycles. The molecule has 1 amide bonds. The minimum absolute atomic E-state index is 0.0311. The first-order chi connectivity index (χ1) is 12.2. The van der Waals surface area contributed by atoms with Crippen LogP contribution in [0, 0.1) is 6.92 Å². The summed E-state index contributed by atoms with van der Waals surface area (Å²) in [6.07, 6.45) is 4.59. The second kappa shape index (κ2) is 9.10. The fourth-order valence-electron chi connectivity index (χ4n) is 3.34. The number of carbonyl (C=O) groups excluding carboxylic acids is 1. The first kappa shape index (κ1) is 18.1. The number of morpholine rings is 1. The van der Waals surface area contributed by atoms with Crippen molar-refractivity contribution in [1.29, 1.82) is 0 Å². The van der Waals surface area contributed by atoms with E-state index in [1.807, 2.05) is 11.8 Å². The Kier molecular flexibility index (Phi) is 6.58. The maximum atomic E-state index is 12.8. The average Bonchev–Trinajstić information content (AvgIpc) is 2.91. The van der Waals surface area contributed by atoms with E-state index in [1.54, 1.807) is 6.07 Å². The summed E-state index contributed by atoms with van der Waals surface area (Å²) in [4.78, 5) is 25.9. The summed E-state index contributed by atoms with van der Waals surface area (Å²) in [6, 6.07) is 1.79. The van der Waals surface area contributed by atoms with Crippen molar-refractivity contribution in [2.24, 2.45) is 0 Å². The van der Waals surface area contributed by atoms with Crippen LogP contribution in [0.3, 0.4) is 0 Å². The lowest BCUT2D eigenvalue weighted by Crippen LogP contribution is -2.39. The molecule has 3 rings (SSSR count). The third-order valence-corrected chi connectivity index (χ3v) is 4.78. The van der Waals surface area contributed by atoms with Crippen molar-refractivity contribution in [3.8, 4) is 0 Å². The van der Waals surface area contributed by atoms with Crippen LogP contribution in [-0.4, -0.2) is 78.2 Å². The monoisotopic (exact) mass is 347 g/mol. The summed E-state index contributed by atoms with van der Waals surface area (Å²) < 4.78 is 5.36. The highest BCUT2D eigenvalue weighted by Crippen LogP contribution is 2.14. The van der Waals surface area contributed by atoms with Gasteiger partial charge in [0.25, 0.3) is 5.91 Å². The number of carbonyl (C=O) groups is 1. The first-order valence-electron chi connectivity index (χ1n) is 9.41. The molecular weight excluding hydrogens is 318 g/mol. The lowest BCUT2D eigenvalue weighted by atomic mass is 10.2. The molecular formula is C18H29N5O2. The van der Waals surface area contributed by atoms with Gasteiger partial charge in [-0.25, -0.2) is 9.97 Å². The number of hydrogen-bond donors (Lipinski definition) is 1. The highest BCUT2D eigenvalue weighted by molar-refractivity contribution is 5.92. The standard InChI is InChI=1S/C18H29N5O2/c1-15-14-16(17(24)23-7-4-2-3-5-8-23)21-18(20-15)19-6-9-22-10-12-25-13-11-22/h14H,2-13H2,1H3,(H,19,20,21). The van der Waals surface area contributed by atoms with Crippen molar-refractivity contribution in [3.63, 3.8) is 0 Å². The molecule has 0 spiro atoms. The molecule has 0 saturated carbocycles. The number of aryl methyl sites for hydroxylation is 1. The molecule has 2 fully saturated rings. The summed E-state index contributed by atoms with van der Waals surface area (Å²) in [5.74, 6) is 0.579. The molecule has 1 N–H and O–H groups in total.